The van der Waals surface area contributed by atoms with E-state index in [1.165, 1.54) is 16.9 Å². The van der Waals surface area contributed by atoms with E-state index in [0.717, 1.165) is 65.2 Å². The average molecular weight is 449 g/mol. The molecule has 1 fully saturated rings. The molecule has 1 aromatic carbocycles. The Morgan fingerprint density at radius 2 is 2.00 bits per heavy atom. The summed E-state index contributed by atoms with van der Waals surface area (Å²) >= 11 is 1.48. The topological polar surface area (TPSA) is 56.8 Å². The third-order valence-corrected chi connectivity index (χ3v) is 7.67. The molecule has 166 valence electrons. The minimum atomic E-state index is 0.0300. The fourth-order valence-corrected chi connectivity index (χ4v) is 6.25. The van der Waals surface area contributed by atoms with Crippen molar-refractivity contribution >= 4 is 39.1 Å². The van der Waals surface area contributed by atoms with Crippen molar-refractivity contribution in [3.63, 3.8) is 0 Å². The zero-order valence-corrected chi connectivity index (χ0v) is 19.4. The molecular weight excluding hydrogens is 420 g/mol. The van der Waals surface area contributed by atoms with Crippen molar-refractivity contribution in [2.24, 2.45) is 0 Å². The molecule has 4 heterocycles. The van der Waals surface area contributed by atoms with Gasteiger partial charge < -0.3 is 9.80 Å². The molecule has 7 heteroatoms. The number of aryl methyl sites for hydroxylation is 1. The second kappa shape index (κ2) is 8.64. The molecule has 3 aromatic rings. The molecular formula is C25H28N4O2S. The Balaban J connectivity index is 1.36. The molecule has 0 unspecified atom stereocenters. The molecule has 1 atom stereocenters. The van der Waals surface area contributed by atoms with Gasteiger partial charge in [0.2, 0.25) is 5.91 Å². The molecule has 6 nitrogen and oxygen atoms in total. The molecule has 0 aliphatic carbocycles. The van der Waals surface area contributed by atoms with Crippen LogP contribution in [0.5, 0.6) is 0 Å². The summed E-state index contributed by atoms with van der Waals surface area (Å²) in [6.07, 6.45) is 4.77. The predicted octanol–water partition coefficient (Wildman–Crippen LogP) is 3.77. The first-order chi connectivity index (χ1) is 15.5. The summed E-state index contributed by atoms with van der Waals surface area (Å²) in [5, 5.41) is 1.07. The van der Waals surface area contributed by atoms with E-state index in [0.29, 0.717) is 6.54 Å². The van der Waals surface area contributed by atoms with Crippen molar-refractivity contribution < 1.29 is 9.59 Å². The highest BCUT2D eigenvalue weighted by molar-refractivity contribution is 7.20. The van der Waals surface area contributed by atoms with E-state index in [4.69, 9.17) is 0 Å². The zero-order valence-electron chi connectivity index (χ0n) is 18.6. The van der Waals surface area contributed by atoms with Crippen LogP contribution < -0.4 is 4.90 Å². The fourth-order valence-electron chi connectivity index (χ4n) is 5.00. The number of fused-ring (bicyclic) bond motifs is 2. The SMILES string of the molecule is CN(C)C(=O)c1sc2ncccc2c1[C@@H]1CCN(CC(=O)N2CCCc3ccccc32)C1. The van der Waals surface area contributed by atoms with Gasteiger partial charge in [-0.25, -0.2) is 4.98 Å². The lowest BCUT2D eigenvalue weighted by Gasteiger charge is -2.31. The summed E-state index contributed by atoms with van der Waals surface area (Å²) in [6, 6.07) is 12.2. The molecule has 2 aliphatic rings. The molecule has 2 amide bonds. The summed E-state index contributed by atoms with van der Waals surface area (Å²) in [6.45, 7) is 2.85. The summed E-state index contributed by atoms with van der Waals surface area (Å²) in [5.74, 6) is 0.426. The van der Waals surface area contributed by atoms with Crippen molar-refractivity contribution in [2.45, 2.75) is 25.2 Å². The molecule has 1 saturated heterocycles. The van der Waals surface area contributed by atoms with Crippen molar-refractivity contribution in [2.75, 3.05) is 45.2 Å². The number of hydrogen-bond acceptors (Lipinski definition) is 5. The number of aromatic nitrogens is 1. The van der Waals surface area contributed by atoms with Crippen LogP contribution in [0.4, 0.5) is 5.69 Å². The van der Waals surface area contributed by atoms with E-state index in [9.17, 15) is 9.59 Å². The van der Waals surface area contributed by atoms with Crippen LogP contribution >= 0.6 is 11.3 Å². The van der Waals surface area contributed by atoms with E-state index >= 15 is 0 Å². The smallest absolute Gasteiger partial charge is 0.263 e. The molecule has 0 radical (unpaired) electrons. The third-order valence-electron chi connectivity index (χ3n) is 6.56. The number of hydrogen-bond donors (Lipinski definition) is 0. The Morgan fingerprint density at radius 3 is 2.84 bits per heavy atom. The van der Waals surface area contributed by atoms with Crippen LogP contribution in [0.1, 0.15) is 39.6 Å². The third kappa shape index (κ3) is 3.80. The number of para-hydroxylation sites is 1. The number of anilines is 1. The van der Waals surface area contributed by atoms with Gasteiger partial charge in [-0.1, -0.05) is 24.3 Å². The monoisotopic (exact) mass is 448 g/mol. The lowest BCUT2D eigenvalue weighted by atomic mass is 9.95. The Morgan fingerprint density at radius 1 is 1.16 bits per heavy atom. The maximum atomic E-state index is 13.2. The number of rotatable bonds is 4. The largest absolute Gasteiger partial charge is 0.344 e. The molecule has 0 bridgehead atoms. The molecule has 5 rings (SSSR count). The number of amides is 2. The van der Waals surface area contributed by atoms with Gasteiger partial charge in [-0.05, 0) is 49.1 Å². The number of pyridine rings is 1. The van der Waals surface area contributed by atoms with Gasteiger partial charge in [0.15, 0.2) is 0 Å². The van der Waals surface area contributed by atoms with Crippen LogP contribution in [0.2, 0.25) is 0 Å². The van der Waals surface area contributed by atoms with Gasteiger partial charge in [-0.2, -0.15) is 0 Å². The van der Waals surface area contributed by atoms with E-state index in [-0.39, 0.29) is 17.7 Å². The molecule has 0 N–H and O–H groups in total. The summed E-state index contributed by atoms with van der Waals surface area (Å²) in [4.78, 5) is 38.1. The quantitative estimate of drug-likeness (QED) is 0.610. The minimum Gasteiger partial charge on any atom is -0.344 e. The lowest BCUT2D eigenvalue weighted by molar-refractivity contribution is -0.119. The molecule has 0 spiro atoms. The zero-order chi connectivity index (χ0) is 22.2. The highest BCUT2D eigenvalue weighted by Gasteiger charge is 2.33. The summed E-state index contributed by atoms with van der Waals surface area (Å²) in [5.41, 5.74) is 3.43. The first-order valence-electron chi connectivity index (χ1n) is 11.2. The summed E-state index contributed by atoms with van der Waals surface area (Å²) < 4.78 is 0. The number of carbonyl (C=O) groups excluding carboxylic acids is 2. The molecule has 32 heavy (non-hydrogen) atoms. The van der Waals surface area contributed by atoms with Crippen LogP contribution in [0.25, 0.3) is 10.2 Å². The predicted molar refractivity (Wildman–Crippen MR) is 129 cm³/mol. The minimum absolute atomic E-state index is 0.0300. The van der Waals surface area contributed by atoms with Gasteiger partial charge in [-0.3, -0.25) is 14.5 Å². The summed E-state index contributed by atoms with van der Waals surface area (Å²) in [7, 11) is 3.58. The Bertz CT molecular complexity index is 1170. The van der Waals surface area contributed by atoms with Gasteiger partial charge in [0.05, 0.1) is 11.4 Å². The maximum absolute atomic E-state index is 13.2. The van der Waals surface area contributed by atoms with Crippen molar-refractivity contribution in [1.82, 2.24) is 14.8 Å². The van der Waals surface area contributed by atoms with Gasteiger partial charge in [-0.15, -0.1) is 11.3 Å². The van der Waals surface area contributed by atoms with Crippen molar-refractivity contribution in [3.8, 4) is 0 Å². The van der Waals surface area contributed by atoms with Gasteiger partial charge in [0.25, 0.3) is 5.91 Å². The number of thiophene rings is 1. The van der Waals surface area contributed by atoms with E-state index < -0.39 is 0 Å². The van der Waals surface area contributed by atoms with Gasteiger partial charge in [0.1, 0.15) is 4.83 Å². The first kappa shape index (κ1) is 21.1. The Kier molecular flexibility index (Phi) is 5.69. The lowest BCUT2D eigenvalue weighted by Crippen LogP contribution is -2.42. The van der Waals surface area contributed by atoms with E-state index in [2.05, 4.69) is 28.1 Å². The van der Waals surface area contributed by atoms with Crippen molar-refractivity contribution in [3.05, 3.63) is 58.6 Å². The normalized spacial score (nSPS) is 18.7. The highest BCUT2D eigenvalue weighted by Crippen LogP contribution is 2.40. The molecule has 0 saturated carbocycles. The van der Waals surface area contributed by atoms with Crippen LogP contribution in [-0.4, -0.2) is 66.9 Å². The van der Waals surface area contributed by atoms with Crippen LogP contribution in [-0.2, 0) is 11.2 Å². The van der Waals surface area contributed by atoms with Crippen LogP contribution in [0.3, 0.4) is 0 Å². The van der Waals surface area contributed by atoms with E-state index in [1.54, 1.807) is 25.2 Å². The molecule has 2 aromatic heterocycles. The standard InChI is InChI=1S/C25H28N4O2S/c1-27(2)25(31)23-22(19-9-5-12-26-24(19)32-23)18-11-14-28(15-18)16-21(30)29-13-6-8-17-7-3-4-10-20(17)29/h3-5,7,9-10,12,18H,6,8,11,13-16H2,1-2H3/t18-/m1/s1. The Labute approximate surface area is 192 Å². The van der Waals surface area contributed by atoms with Crippen molar-refractivity contribution in [1.29, 1.82) is 0 Å². The van der Waals surface area contributed by atoms with Crippen LogP contribution in [0.15, 0.2) is 42.6 Å². The first-order valence-corrected chi connectivity index (χ1v) is 12.0. The number of carbonyl (C=O) groups is 2. The average Bonchev–Trinajstić information content (AvgIpc) is 3.42. The number of likely N-dealkylation sites (tertiary alicyclic amines) is 1. The maximum Gasteiger partial charge on any atom is 0.263 e. The second-order valence-corrected chi connectivity index (χ2v) is 9.90. The van der Waals surface area contributed by atoms with Gasteiger partial charge >= 0.3 is 0 Å². The Hall–Kier alpha value is -2.77. The number of nitrogens with zero attached hydrogens (tertiary/aromatic N) is 4. The fraction of sp³-hybridized carbons (Fsp3) is 0.400. The number of benzene rings is 1. The van der Waals surface area contributed by atoms with Gasteiger partial charge in [0, 0.05) is 50.4 Å². The van der Waals surface area contributed by atoms with Crippen LogP contribution in [0, 0.1) is 0 Å². The molecule has 2 aliphatic heterocycles. The highest BCUT2D eigenvalue weighted by atomic mass is 32.1. The second-order valence-electron chi connectivity index (χ2n) is 8.90. The van der Waals surface area contributed by atoms with E-state index in [1.807, 2.05) is 23.1 Å².